The third kappa shape index (κ3) is 6.20. The second-order valence-electron chi connectivity index (χ2n) is 4.24. The van der Waals surface area contributed by atoms with E-state index in [1.807, 2.05) is 0 Å². The molecule has 0 aliphatic rings. The highest BCUT2D eigenvalue weighted by atomic mass is 79.9. The molecule has 0 unspecified atom stereocenters. The van der Waals surface area contributed by atoms with Gasteiger partial charge in [-0.1, -0.05) is 41.9 Å². The zero-order chi connectivity index (χ0) is 12.5. The van der Waals surface area contributed by atoms with E-state index in [0.717, 1.165) is 30.7 Å². The number of hydrogen-bond acceptors (Lipinski definition) is 2. The van der Waals surface area contributed by atoms with Crippen LogP contribution in [0.2, 0.25) is 0 Å². The first kappa shape index (κ1) is 14.7. The Morgan fingerprint density at radius 2 is 1.82 bits per heavy atom. The van der Waals surface area contributed by atoms with Crippen molar-refractivity contribution in [2.45, 2.75) is 26.8 Å². The van der Waals surface area contributed by atoms with Crippen LogP contribution in [0.15, 0.2) is 28.7 Å². The molecule has 1 aromatic carbocycles. The first-order chi connectivity index (χ1) is 8.26. The summed E-state index contributed by atoms with van der Waals surface area (Å²) in [5.74, 6) is 0. The fraction of sp³-hybridized carbons (Fsp3) is 0.571. The molecule has 0 aliphatic heterocycles. The number of halogens is 1. The number of nitrogens with one attached hydrogen (secondary N) is 1. The van der Waals surface area contributed by atoms with Crippen LogP contribution in [0, 0.1) is 0 Å². The fourth-order valence-corrected chi connectivity index (χ4v) is 2.08. The molecule has 0 atom stereocenters. The van der Waals surface area contributed by atoms with Crippen LogP contribution < -0.4 is 5.32 Å². The number of likely N-dealkylation sites (N-methyl/N-ethyl adjacent to an activating group) is 1. The van der Waals surface area contributed by atoms with Crippen LogP contribution in [0.4, 0.5) is 0 Å². The molecule has 0 spiro atoms. The maximum Gasteiger partial charge on any atom is 0.0206 e. The summed E-state index contributed by atoms with van der Waals surface area (Å²) in [6.45, 7) is 9.97. The van der Waals surface area contributed by atoms with E-state index >= 15 is 0 Å². The highest BCUT2D eigenvalue weighted by molar-refractivity contribution is 9.10. The second kappa shape index (κ2) is 8.67. The summed E-state index contributed by atoms with van der Waals surface area (Å²) in [5.41, 5.74) is 1.34. The molecule has 0 heterocycles. The normalized spacial score (nSPS) is 11.1. The third-order valence-electron chi connectivity index (χ3n) is 2.83. The predicted octanol–water partition coefficient (Wildman–Crippen LogP) is 3.27. The van der Waals surface area contributed by atoms with Gasteiger partial charge in [-0.3, -0.25) is 0 Å². The lowest BCUT2D eigenvalue weighted by molar-refractivity contribution is 0.287. The molecule has 0 aliphatic carbocycles. The molecule has 0 amide bonds. The van der Waals surface area contributed by atoms with Crippen LogP contribution in [0.25, 0.3) is 0 Å². The van der Waals surface area contributed by atoms with Crippen molar-refractivity contribution in [1.29, 1.82) is 0 Å². The Labute approximate surface area is 114 Å². The zero-order valence-electron chi connectivity index (χ0n) is 10.9. The van der Waals surface area contributed by atoms with Gasteiger partial charge in [0.25, 0.3) is 0 Å². The van der Waals surface area contributed by atoms with Crippen molar-refractivity contribution in [3.63, 3.8) is 0 Å². The topological polar surface area (TPSA) is 15.3 Å². The average Bonchev–Trinajstić information content (AvgIpc) is 2.35. The minimum Gasteiger partial charge on any atom is -0.311 e. The van der Waals surface area contributed by atoms with E-state index in [2.05, 4.69) is 64.3 Å². The molecule has 0 radical (unpaired) electrons. The lowest BCUT2D eigenvalue weighted by atomic mass is 10.2. The van der Waals surface area contributed by atoms with E-state index < -0.39 is 0 Å². The second-order valence-corrected chi connectivity index (χ2v) is 5.15. The fourth-order valence-electron chi connectivity index (χ4n) is 1.82. The summed E-state index contributed by atoms with van der Waals surface area (Å²) in [5, 5.41) is 3.49. The SMILES string of the molecule is CCCN(CC)CCNCc1ccc(Br)cc1. The predicted molar refractivity (Wildman–Crippen MR) is 78.3 cm³/mol. The van der Waals surface area contributed by atoms with Gasteiger partial charge in [0.15, 0.2) is 0 Å². The standard InChI is InChI=1S/C14H23BrN2/c1-3-10-17(4-2)11-9-16-12-13-5-7-14(15)8-6-13/h5-8,16H,3-4,9-12H2,1-2H3. The van der Waals surface area contributed by atoms with Crippen LogP contribution in [0.5, 0.6) is 0 Å². The lowest BCUT2D eigenvalue weighted by Crippen LogP contribution is -2.32. The first-order valence-electron chi connectivity index (χ1n) is 6.43. The molecule has 0 saturated carbocycles. The van der Waals surface area contributed by atoms with Gasteiger partial charge < -0.3 is 10.2 Å². The van der Waals surface area contributed by atoms with E-state index in [1.54, 1.807) is 0 Å². The van der Waals surface area contributed by atoms with Crippen LogP contribution in [0.3, 0.4) is 0 Å². The Kier molecular flexibility index (Phi) is 7.49. The summed E-state index contributed by atoms with van der Waals surface area (Å²) in [6.07, 6.45) is 1.24. The molecule has 96 valence electrons. The molecule has 0 aromatic heterocycles. The lowest BCUT2D eigenvalue weighted by Gasteiger charge is -2.19. The summed E-state index contributed by atoms with van der Waals surface area (Å²) in [7, 11) is 0. The maximum atomic E-state index is 3.49. The maximum absolute atomic E-state index is 3.49. The highest BCUT2D eigenvalue weighted by Gasteiger charge is 1.99. The Morgan fingerprint density at radius 1 is 1.12 bits per heavy atom. The molecule has 1 aromatic rings. The minimum atomic E-state index is 0.955. The molecule has 17 heavy (non-hydrogen) atoms. The minimum absolute atomic E-state index is 0.955. The van der Waals surface area contributed by atoms with Crippen molar-refractivity contribution in [1.82, 2.24) is 10.2 Å². The largest absolute Gasteiger partial charge is 0.311 e. The number of benzene rings is 1. The summed E-state index contributed by atoms with van der Waals surface area (Å²) >= 11 is 3.45. The summed E-state index contributed by atoms with van der Waals surface area (Å²) in [6, 6.07) is 8.49. The van der Waals surface area contributed by atoms with Crippen molar-refractivity contribution in [2.75, 3.05) is 26.2 Å². The first-order valence-corrected chi connectivity index (χ1v) is 7.23. The molecule has 2 nitrogen and oxygen atoms in total. The molecule has 0 fully saturated rings. The number of hydrogen-bond donors (Lipinski definition) is 1. The van der Waals surface area contributed by atoms with Gasteiger partial charge in [-0.2, -0.15) is 0 Å². The van der Waals surface area contributed by atoms with E-state index in [1.165, 1.54) is 18.5 Å². The van der Waals surface area contributed by atoms with Gasteiger partial charge in [0.2, 0.25) is 0 Å². The summed E-state index contributed by atoms with van der Waals surface area (Å²) in [4.78, 5) is 2.48. The van der Waals surface area contributed by atoms with Crippen molar-refractivity contribution in [2.24, 2.45) is 0 Å². The van der Waals surface area contributed by atoms with Gasteiger partial charge >= 0.3 is 0 Å². The molecular formula is C14H23BrN2. The van der Waals surface area contributed by atoms with Crippen molar-refractivity contribution >= 4 is 15.9 Å². The van der Waals surface area contributed by atoms with Gasteiger partial charge in [-0.05, 0) is 37.2 Å². The van der Waals surface area contributed by atoms with Crippen LogP contribution in [-0.4, -0.2) is 31.1 Å². The van der Waals surface area contributed by atoms with Crippen LogP contribution >= 0.6 is 15.9 Å². The van der Waals surface area contributed by atoms with E-state index in [4.69, 9.17) is 0 Å². The van der Waals surface area contributed by atoms with Gasteiger partial charge in [0, 0.05) is 24.1 Å². The Balaban J connectivity index is 2.17. The quantitative estimate of drug-likeness (QED) is 0.741. The van der Waals surface area contributed by atoms with Gasteiger partial charge in [0.05, 0.1) is 0 Å². The van der Waals surface area contributed by atoms with Crippen LogP contribution in [0.1, 0.15) is 25.8 Å². The van der Waals surface area contributed by atoms with Gasteiger partial charge in [-0.25, -0.2) is 0 Å². The molecule has 1 rings (SSSR count). The number of rotatable bonds is 8. The monoisotopic (exact) mass is 298 g/mol. The molecule has 0 bridgehead atoms. The molecule has 3 heteroatoms. The summed E-state index contributed by atoms with van der Waals surface area (Å²) < 4.78 is 1.14. The van der Waals surface area contributed by atoms with Crippen LogP contribution in [-0.2, 0) is 6.54 Å². The van der Waals surface area contributed by atoms with E-state index in [-0.39, 0.29) is 0 Å². The smallest absolute Gasteiger partial charge is 0.0206 e. The average molecular weight is 299 g/mol. The highest BCUT2D eigenvalue weighted by Crippen LogP contribution is 2.09. The van der Waals surface area contributed by atoms with E-state index in [0.29, 0.717) is 0 Å². The van der Waals surface area contributed by atoms with Crippen molar-refractivity contribution in [3.8, 4) is 0 Å². The number of nitrogens with zero attached hydrogens (tertiary/aromatic N) is 1. The third-order valence-corrected chi connectivity index (χ3v) is 3.36. The Hall–Kier alpha value is -0.380. The Bertz CT molecular complexity index is 298. The molecule has 0 saturated heterocycles. The van der Waals surface area contributed by atoms with Crippen molar-refractivity contribution < 1.29 is 0 Å². The molecular weight excluding hydrogens is 276 g/mol. The van der Waals surface area contributed by atoms with Crippen molar-refractivity contribution in [3.05, 3.63) is 34.3 Å². The zero-order valence-corrected chi connectivity index (χ0v) is 12.5. The molecule has 1 N–H and O–H groups in total. The van der Waals surface area contributed by atoms with E-state index in [9.17, 15) is 0 Å². The van der Waals surface area contributed by atoms with Gasteiger partial charge in [0.1, 0.15) is 0 Å². The van der Waals surface area contributed by atoms with Gasteiger partial charge in [-0.15, -0.1) is 0 Å². The Morgan fingerprint density at radius 3 is 2.41 bits per heavy atom.